The molecule has 0 spiro atoms. The summed E-state index contributed by atoms with van der Waals surface area (Å²) in [4.78, 5) is 7.00. The monoisotopic (exact) mass is 261 g/mol. The van der Waals surface area contributed by atoms with E-state index in [2.05, 4.69) is 55.0 Å². The van der Waals surface area contributed by atoms with Crippen LogP contribution in [0.5, 0.6) is 0 Å². The Morgan fingerprint density at radius 1 is 1.37 bits per heavy atom. The Morgan fingerprint density at radius 2 is 2.16 bits per heavy atom. The summed E-state index contributed by atoms with van der Waals surface area (Å²) in [6.45, 7) is 13.3. The van der Waals surface area contributed by atoms with Gasteiger partial charge in [0.25, 0.3) is 0 Å². The summed E-state index contributed by atoms with van der Waals surface area (Å²) >= 11 is 0. The van der Waals surface area contributed by atoms with Gasteiger partial charge in [0.1, 0.15) is 5.82 Å². The molecule has 1 aromatic heterocycles. The van der Waals surface area contributed by atoms with Gasteiger partial charge in [-0.2, -0.15) is 0 Å². The first kappa shape index (κ1) is 14.3. The van der Waals surface area contributed by atoms with Gasteiger partial charge in [-0.15, -0.1) is 0 Å². The summed E-state index contributed by atoms with van der Waals surface area (Å²) in [5, 5.41) is 3.45. The molecule has 3 nitrogen and oxygen atoms in total. The number of hydrogen-bond donors (Lipinski definition) is 1. The second-order valence-electron chi connectivity index (χ2n) is 6.89. The molecule has 2 heterocycles. The van der Waals surface area contributed by atoms with Crippen LogP contribution in [-0.2, 0) is 6.54 Å². The third-order valence-corrected chi connectivity index (χ3v) is 3.69. The molecule has 0 atom stereocenters. The summed E-state index contributed by atoms with van der Waals surface area (Å²) in [6.07, 6.45) is 3.26. The number of pyridine rings is 1. The highest BCUT2D eigenvalue weighted by atomic mass is 15.2. The van der Waals surface area contributed by atoms with Crippen molar-refractivity contribution in [2.24, 2.45) is 11.3 Å². The van der Waals surface area contributed by atoms with Crippen molar-refractivity contribution in [1.29, 1.82) is 0 Å². The number of nitrogens with zero attached hydrogens (tertiary/aromatic N) is 2. The number of aromatic nitrogens is 1. The first-order valence-electron chi connectivity index (χ1n) is 7.37. The van der Waals surface area contributed by atoms with Crippen LogP contribution in [0.3, 0.4) is 0 Å². The van der Waals surface area contributed by atoms with E-state index in [9.17, 15) is 0 Å². The fourth-order valence-electron chi connectivity index (χ4n) is 2.52. The van der Waals surface area contributed by atoms with Crippen LogP contribution in [0.15, 0.2) is 18.3 Å². The smallest absolute Gasteiger partial charge is 0.128 e. The minimum atomic E-state index is 0.430. The molecule has 1 aliphatic rings. The van der Waals surface area contributed by atoms with E-state index in [1.807, 2.05) is 6.20 Å². The van der Waals surface area contributed by atoms with E-state index in [0.29, 0.717) is 11.3 Å². The molecule has 2 rings (SSSR count). The molecule has 106 valence electrons. The van der Waals surface area contributed by atoms with Crippen LogP contribution >= 0.6 is 0 Å². The summed E-state index contributed by atoms with van der Waals surface area (Å²) < 4.78 is 0. The Morgan fingerprint density at radius 3 is 2.68 bits per heavy atom. The van der Waals surface area contributed by atoms with Crippen LogP contribution in [-0.4, -0.2) is 24.6 Å². The lowest BCUT2D eigenvalue weighted by molar-refractivity contribution is 0.418. The summed E-state index contributed by atoms with van der Waals surface area (Å²) in [7, 11) is 0. The standard InChI is InChI=1S/C16H27N3/c1-13(2)9-17-10-14-5-6-15(18-11-14)19-8-7-16(3,4)12-19/h5-6,11,13,17H,7-10,12H2,1-4H3. The molecule has 0 saturated carbocycles. The fourth-order valence-corrected chi connectivity index (χ4v) is 2.52. The van der Waals surface area contributed by atoms with Gasteiger partial charge in [-0.3, -0.25) is 0 Å². The fraction of sp³-hybridized carbons (Fsp3) is 0.688. The van der Waals surface area contributed by atoms with Gasteiger partial charge in [-0.05, 0) is 35.9 Å². The van der Waals surface area contributed by atoms with Crippen LogP contribution in [0.2, 0.25) is 0 Å². The van der Waals surface area contributed by atoms with Gasteiger partial charge >= 0.3 is 0 Å². The number of nitrogens with one attached hydrogen (secondary N) is 1. The minimum Gasteiger partial charge on any atom is -0.356 e. The Hall–Kier alpha value is -1.09. The summed E-state index contributed by atoms with van der Waals surface area (Å²) in [6, 6.07) is 4.36. The van der Waals surface area contributed by atoms with Gasteiger partial charge in [-0.25, -0.2) is 4.98 Å². The van der Waals surface area contributed by atoms with Crippen LogP contribution < -0.4 is 10.2 Å². The third kappa shape index (κ3) is 4.20. The molecular weight excluding hydrogens is 234 g/mol. The lowest BCUT2D eigenvalue weighted by Gasteiger charge is -2.20. The predicted octanol–water partition coefficient (Wildman–Crippen LogP) is 3.06. The quantitative estimate of drug-likeness (QED) is 0.883. The molecule has 0 unspecified atom stereocenters. The van der Waals surface area contributed by atoms with E-state index in [0.717, 1.165) is 32.0 Å². The number of rotatable bonds is 5. The Labute approximate surface area is 117 Å². The normalized spacial score (nSPS) is 18.3. The van der Waals surface area contributed by atoms with Gasteiger partial charge in [-0.1, -0.05) is 33.8 Å². The highest BCUT2D eigenvalue weighted by molar-refractivity contribution is 5.41. The molecule has 1 fully saturated rings. The molecule has 1 saturated heterocycles. The maximum absolute atomic E-state index is 4.61. The van der Waals surface area contributed by atoms with Gasteiger partial charge in [0.2, 0.25) is 0 Å². The first-order chi connectivity index (χ1) is 8.96. The zero-order chi connectivity index (χ0) is 13.9. The lowest BCUT2D eigenvalue weighted by Crippen LogP contribution is -2.23. The molecule has 0 aliphatic carbocycles. The summed E-state index contributed by atoms with van der Waals surface area (Å²) in [5.41, 5.74) is 1.70. The highest BCUT2D eigenvalue weighted by Gasteiger charge is 2.29. The zero-order valence-electron chi connectivity index (χ0n) is 12.7. The predicted molar refractivity (Wildman–Crippen MR) is 81.4 cm³/mol. The molecule has 1 N–H and O–H groups in total. The van der Waals surface area contributed by atoms with Crippen molar-refractivity contribution in [3.63, 3.8) is 0 Å². The van der Waals surface area contributed by atoms with Crippen LogP contribution in [0.4, 0.5) is 5.82 Å². The van der Waals surface area contributed by atoms with Crippen molar-refractivity contribution in [3.8, 4) is 0 Å². The largest absolute Gasteiger partial charge is 0.356 e. The van der Waals surface area contributed by atoms with Crippen LogP contribution in [0.1, 0.15) is 39.7 Å². The topological polar surface area (TPSA) is 28.2 Å². The Bertz CT molecular complexity index is 395. The van der Waals surface area contributed by atoms with E-state index in [4.69, 9.17) is 0 Å². The second kappa shape index (κ2) is 5.91. The average molecular weight is 261 g/mol. The van der Waals surface area contributed by atoms with Crippen molar-refractivity contribution in [2.45, 2.75) is 40.7 Å². The van der Waals surface area contributed by atoms with Crippen molar-refractivity contribution in [2.75, 3.05) is 24.5 Å². The van der Waals surface area contributed by atoms with E-state index in [1.54, 1.807) is 0 Å². The van der Waals surface area contributed by atoms with Gasteiger partial charge in [0.05, 0.1) is 0 Å². The van der Waals surface area contributed by atoms with E-state index < -0.39 is 0 Å². The van der Waals surface area contributed by atoms with E-state index >= 15 is 0 Å². The Balaban J connectivity index is 1.88. The van der Waals surface area contributed by atoms with E-state index in [1.165, 1.54) is 12.0 Å². The molecule has 0 aromatic carbocycles. The van der Waals surface area contributed by atoms with Gasteiger partial charge < -0.3 is 10.2 Å². The maximum atomic E-state index is 4.61. The van der Waals surface area contributed by atoms with Crippen molar-refractivity contribution >= 4 is 5.82 Å². The highest BCUT2D eigenvalue weighted by Crippen LogP contribution is 2.31. The molecule has 0 radical (unpaired) electrons. The lowest BCUT2D eigenvalue weighted by atomic mass is 9.93. The minimum absolute atomic E-state index is 0.430. The molecule has 3 heteroatoms. The number of hydrogen-bond acceptors (Lipinski definition) is 3. The van der Waals surface area contributed by atoms with Crippen molar-refractivity contribution < 1.29 is 0 Å². The molecular formula is C16H27N3. The average Bonchev–Trinajstić information content (AvgIpc) is 2.70. The SMILES string of the molecule is CC(C)CNCc1ccc(N2CCC(C)(C)C2)nc1. The first-order valence-corrected chi connectivity index (χ1v) is 7.37. The zero-order valence-corrected chi connectivity index (χ0v) is 12.7. The van der Waals surface area contributed by atoms with E-state index in [-0.39, 0.29) is 0 Å². The third-order valence-electron chi connectivity index (χ3n) is 3.69. The molecule has 0 bridgehead atoms. The second-order valence-corrected chi connectivity index (χ2v) is 6.89. The maximum Gasteiger partial charge on any atom is 0.128 e. The van der Waals surface area contributed by atoms with Crippen molar-refractivity contribution in [3.05, 3.63) is 23.9 Å². The van der Waals surface area contributed by atoms with Crippen LogP contribution in [0, 0.1) is 11.3 Å². The van der Waals surface area contributed by atoms with Gasteiger partial charge in [0, 0.05) is 25.8 Å². The van der Waals surface area contributed by atoms with Crippen molar-refractivity contribution in [1.82, 2.24) is 10.3 Å². The number of anilines is 1. The van der Waals surface area contributed by atoms with Gasteiger partial charge in [0.15, 0.2) is 0 Å². The molecule has 1 aliphatic heterocycles. The Kier molecular flexibility index (Phi) is 4.46. The molecule has 19 heavy (non-hydrogen) atoms. The molecule has 1 aromatic rings. The van der Waals surface area contributed by atoms with Crippen LogP contribution in [0.25, 0.3) is 0 Å². The molecule has 0 amide bonds. The summed E-state index contributed by atoms with van der Waals surface area (Å²) in [5.74, 6) is 1.82.